The van der Waals surface area contributed by atoms with Crippen LogP contribution in [0.3, 0.4) is 0 Å². The van der Waals surface area contributed by atoms with Crippen molar-refractivity contribution < 1.29 is 14.3 Å². The van der Waals surface area contributed by atoms with Gasteiger partial charge in [-0.25, -0.2) is 0 Å². The quantitative estimate of drug-likeness (QED) is 0.599. The lowest BCUT2D eigenvalue weighted by Crippen LogP contribution is -2.14. The van der Waals surface area contributed by atoms with Crippen molar-refractivity contribution in [1.29, 1.82) is 0 Å². The van der Waals surface area contributed by atoms with Crippen LogP contribution in [0.15, 0.2) is 66.0 Å². The minimum atomic E-state index is -0.229. The van der Waals surface area contributed by atoms with Gasteiger partial charge in [0.2, 0.25) is 5.91 Å². The second-order valence-electron chi connectivity index (χ2n) is 6.69. The Bertz CT molecular complexity index is 981. The standard InChI is InChI=1S/C22H20N2O3S/c25-21(15-9-10-15)23-17-5-2-6-18(13-17)24-22(26)16-4-1-7-19(12-16)27-14-20-8-3-11-28-20/h1-8,11-13,15H,9-10,14H2,(H,23,25)(H,24,26). The summed E-state index contributed by atoms with van der Waals surface area (Å²) in [6.45, 7) is 0.478. The van der Waals surface area contributed by atoms with Gasteiger partial charge in [-0.3, -0.25) is 9.59 Å². The van der Waals surface area contributed by atoms with Gasteiger partial charge in [-0.15, -0.1) is 11.3 Å². The fraction of sp³-hybridized carbons (Fsp3) is 0.182. The minimum Gasteiger partial charge on any atom is -0.488 e. The molecule has 2 aromatic carbocycles. The fourth-order valence-electron chi connectivity index (χ4n) is 2.74. The Kier molecular flexibility index (Phi) is 5.39. The Labute approximate surface area is 167 Å². The first-order valence-corrected chi connectivity index (χ1v) is 10.0. The topological polar surface area (TPSA) is 67.4 Å². The van der Waals surface area contributed by atoms with Crippen molar-refractivity contribution in [2.45, 2.75) is 19.4 Å². The molecular formula is C22H20N2O3S. The molecule has 4 rings (SSSR count). The number of ether oxygens (including phenoxy) is 1. The van der Waals surface area contributed by atoms with Crippen molar-refractivity contribution in [2.75, 3.05) is 10.6 Å². The molecule has 0 aliphatic heterocycles. The van der Waals surface area contributed by atoms with Crippen molar-refractivity contribution >= 4 is 34.5 Å². The monoisotopic (exact) mass is 392 g/mol. The summed E-state index contributed by atoms with van der Waals surface area (Å²) in [5, 5.41) is 7.76. The van der Waals surface area contributed by atoms with Gasteiger partial charge in [-0.1, -0.05) is 18.2 Å². The molecule has 3 aromatic rings. The van der Waals surface area contributed by atoms with Gasteiger partial charge in [-0.2, -0.15) is 0 Å². The van der Waals surface area contributed by atoms with E-state index in [-0.39, 0.29) is 17.7 Å². The van der Waals surface area contributed by atoms with E-state index < -0.39 is 0 Å². The Morgan fingerprint density at radius 2 is 1.75 bits per heavy atom. The lowest BCUT2D eigenvalue weighted by Gasteiger charge is -2.10. The molecule has 2 amide bonds. The lowest BCUT2D eigenvalue weighted by molar-refractivity contribution is -0.117. The summed E-state index contributed by atoms with van der Waals surface area (Å²) in [5.41, 5.74) is 1.82. The number of hydrogen-bond acceptors (Lipinski definition) is 4. The van der Waals surface area contributed by atoms with Crippen molar-refractivity contribution in [3.63, 3.8) is 0 Å². The largest absolute Gasteiger partial charge is 0.488 e. The van der Waals surface area contributed by atoms with E-state index in [4.69, 9.17) is 4.74 Å². The summed E-state index contributed by atoms with van der Waals surface area (Å²) in [6.07, 6.45) is 1.90. The molecular weight excluding hydrogens is 372 g/mol. The van der Waals surface area contributed by atoms with E-state index in [9.17, 15) is 9.59 Å². The second-order valence-corrected chi connectivity index (χ2v) is 7.73. The third-order valence-electron chi connectivity index (χ3n) is 4.39. The average Bonchev–Trinajstić information content (AvgIpc) is 3.43. The van der Waals surface area contributed by atoms with Gasteiger partial charge in [0.1, 0.15) is 12.4 Å². The van der Waals surface area contributed by atoms with Gasteiger partial charge >= 0.3 is 0 Å². The first-order valence-electron chi connectivity index (χ1n) is 9.15. The van der Waals surface area contributed by atoms with Crippen molar-refractivity contribution in [1.82, 2.24) is 0 Å². The fourth-order valence-corrected chi connectivity index (χ4v) is 3.36. The normalized spacial score (nSPS) is 13.0. The molecule has 0 bridgehead atoms. The second kappa shape index (κ2) is 8.27. The summed E-state index contributed by atoms with van der Waals surface area (Å²) in [7, 11) is 0. The van der Waals surface area contributed by atoms with Crippen LogP contribution in [0, 0.1) is 5.92 Å². The Morgan fingerprint density at radius 3 is 2.50 bits per heavy atom. The summed E-state index contributed by atoms with van der Waals surface area (Å²) < 4.78 is 5.77. The van der Waals surface area contributed by atoms with Gasteiger partial charge < -0.3 is 15.4 Å². The van der Waals surface area contributed by atoms with E-state index in [1.54, 1.807) is 47.7 Å². The van der Waals surface area contributed by atoms with Crippen molar-refractivity contribution in [2.24, 2.45) is 5.92 Å². The predicted molar refractivity (Wildman–Crippen MR) is 111 cm³/mol. The molecule has 0 radical (unpaired) electrons. The molecule has 5 nitrogen and oxygen atoms in total. The van der Waals surface area contributed by atoms with Crippen LogP contribution < -0.4 is 15.4 Å². The zero-order valence-electron chi connectivity index (χ0n) is 15.2. The number of amides is 2. The van der Waals surface area contributed by atoms with Gasteiger partial charge in [0, 0.05) is 27.7 Å². The van der Waals surface area contributed by atoms with Gasteiger partial charge in [0.15, 0.2) is 0 Å². The van der Waals surface area contributed by atoms with Crippen LogP contribution >= 0.6 is 11.3 Å². The first kappa shape index (κ1) is 18.3. The summed E-state index contributed by atoms with van der Waals surface area (Å²) >= 11 is 1.63. The smallest absolute Gasteiger partial charge is 0.255 e. The minimum absolute atomic E-state index is 0.0408. The number of benzene rings is 2. The van der Waals surface area contributed by atoms with E-state index in [0.717, 1.165) is 17.7 Å². The zero-order valence-corrected chi connectivity index (χ0v) is 16.0. The molecule has 0 unspecified atom stereocenters. The molecule has 1 aliphatic carbocycles. The molecule has 1 aliphatic rings. The molecule has 1 heterocycles. The van der Waals surface area contributed by atoms with E-state index in [1.807, 2.05) is 29.6 Å². The first-order chi connectivity index (χ1) is 13.7. The lowest BCUT2D eigenvalue weighted by atomic mass is 10.2. The summed E-state index contributed by atoms with van der Waals surface area (Å²) in [4.78, 5) is 25.6. The number of carbonyl (C=O) groups excluding carboxylic acids is 2. The highest BCUT2D eigenvalue weighted by Crippen LogP contribution is 2.30. The van der Waals surface area contributed by atoms with Crippen LogP contribution in [-0.4, -0.2) is 11.8 Å². The Hall–Kier alpha value is -3.12. The Morgan fingerprint density at radius 1 is 0.964 bits per heavy atom. The average molecular weight is 392 g/mol. The molecule has 6 heteroatoms. The third kappa shape index (κ3) is 4.78. The maximum atomic E-state index is 12.6. The molecule has 0 saturated heterocycles. The number of rotatable bonds is 7. The maximum Gasteiger partial charge on any atom is 0.255 e. The van der Waals surface area contributed by atoms with Crippen LogP contribution in [0.4, 0.5) is 11.4 Å². The van der Waals surface area contributed by atoms with Crippen LogP contribution in [0.1, 0.15) is 28.1 Å². The molecule has 0 spiro atoms. The zero-order chi connectivity index (χ0) is 19.3. The SMILES string of the molecule is O=C(Nc1cccc(NC(=O)C2CC2)c1)c1cccc(OCc2cccs2)c1. The van der Waals surface area contributed by atoms with Crippen LogP contribution in [0.25, 0.3) is 0 Å². The van der Waals surface area contributed by atoms with E-state index >= 15 is 0 Å². The van der Waals surface area contributed by atoms with Gasteiger partial charge in [0.25, 0.3) is 5.91 Å². The molecule has 2 N–H and O–H groups in total. The number of anilines is 2. The summed E-state index contributed by atoms with van der Waals surface area (Å²) in [6, 6.07) is 18.3. The van der Waals surface area contributed by atoms with Crippen LogP contribution in [-0.2, 0) is 11.4 Å². The predicted octanol–water partition coefficient (Wildman–Crippen LogP) is 4.93. The Balaban J connectivity index is 1.39. The highest BCUT2D eigenvalue weighted by Gasteiger charge is 2.29. The van der Waals surface area contributed by atoms with Gasteiger partial charge in [-0.05, 0) is 60.7 Å². The molecule has 142 valence electrons. The van der Waals surface area contributed by atoms with Crippen LogP contribution in [0.2, 0.25) is 0 Å². The number of thiophene rings is 1. The maximum absolute atomic E-state index is 12.6. The number of nitrogens with one attached hydrogen (secondary N) is 2. The number of carbonyl (C=O) groups is 2. The molecule has 0 atom stereocenters. The van der Waals surface area contributed by atoms with Crippen molar-refractivity contribution in [3.8, 4) is 5.75 Å². The number of hydrogen-bond donors (Lipinski definition) is 2. The van der Waals surface area contributed by atoms with Gasteiger partial charge in [0.05, 0.1) is 0 Å². The highest BCUT2D eigenvalue weighted by molar-refractivity contribution is 7.09. The molecule has 28 heavy (non-hydrogen) atoms. The van der Waals surface area contributed by atoms with E-state index in [2.05, 4.69) is 10.6 Å². The van der Waals surface area contributed by atoms with Crippen molar-refractivity contribution in [3.05, 3.63) is 76.5 Å². The highest BCUT2D eigenvalue weighted by atomic mass is 32.1. The van der Waals surface area contributed by atoms with E-state index in [0.29, 0.717) is 29.3 Å². The molecule has 1 saturated carbocycles. The molecule has 1 aromatic heterocycles. The summed E-state index contributed by atoms with van der Waals surface area (Å²) in [5.74, 6) is 0.591. The molecule has 1 fully saturated rings. The third-order valence-corrected chi connectivity index (χ3v) is 5.24. The van der Waals surface area contributed by atoms with E-state index in [1.165, 1.54) is 0 Å². The van der Waals surface area contributed by atoms with Crippen LogP contribution in [0.5, 0.6) is 5.75 Å².